The van der Waals surface area contributed by atoms with Crippen LogP contribution in [0.5, 0.6) is 5.75 Å². The second-order valence-electron chi connectivity index (χ2n) is 3.46. The van der Waals surface area contributed by atoms with Gasteiger partial charge in [-0.1, -0.05) is 13.8 Å². The molecule has 0 aliphatic rings. The molecule has 1 aromatic rings. The first-order valence-electron chi connectivity index (χ1n) is 4.30. The number of phenols is 1. The molecule has 0 fully saturated rings. The van der Waals surface area contributed by atoms with Crippen molar-refractivity contribution in [1.82, 2.24) is 0 Å². The van der Waals surface area contributed by atoms with Gasteiger partial charge in [-0.2, -0.15) is 0 Å². The van der Waals surface area contributed by atoms with Crippen molar-refractivity contribution in [2.45, 2.75) is 13.8 Å². The quantitative estimate of drug-likeness (QED) is 0.385. The third-order valence-electron chi connectivity index (χ3n) is 1.98. The molecule has 0 amide bonds. The second kappa shape index (κ2) is 3.65. The van der Waals surface area contributed by atoms with Crippen molar-refractivity contribution in [2.24, 2.45) is 5.92 Å². The summed E-state index contributed by atoms with van der Waals surface area (Å²) in [6.07, 6.45) is 0. The first-order chi connectivity index (χ1) is 6.43. The SMILES string of the molecule is CC(C)C(=N)c1cc(N)c(F)cc1O. The van der Waals surface area contributed by atoms with Crippen LogP contribution in [0, 0.1) is 17.1 Å². The Morgan fingerprint density at radius 3 is 2.57 bits per heavy atom. The molecule has 0 bridgehead atoms. The van der Waals surface area contributed by atoms with E-state index >= 15 is 0 Å². The number of phenolic OH excluding ortho intramolecular Hbond substituents is 1. The largest absolute Gasteiger partial charge is 0.507 e. The summed E-state index contributed by atoms with van der Waals surface area (Å²) in [5.74, 6) is -0.941. The average Bonchev–Trinajstić information content (AvgIpc) is 2.10. The molecule has 76 valence electrons. The molecule has 0 spiro atoms. The monoisotopic (exact) mass is 196 g/mol. The Balaban J connectivity index is 3.22. The number of rotatable bonds is 2. The molecule has 0 saturated carbocycles. The van der Waals surface area contributed by atoms with Gasteiger partial charge in [0.05, 0.1) is 5.69 Å². The van der Waals surface area contributed by atoms with Gasteiger partial charge in [-0.15, -0.1) is 0 Å². The van der Waals surface area contributed by atoms with E-state index < -0.39 is 5.82 Å². The predicted octanol–water partition coefficient (Wildman–Crippen LogP) is 2.14. The summed E-state index contributed by atoms with van der Waals surface area (Å²) in [5.41, 5.74) is 5.83. The van der Waals surface area contributed by atoms with Crippen molar-refractivity contribution in [3.63, 3.8) is 0 Å². The lowest BCUT2D eigenvalue weighted by Gasteiger charge is -2.10. The zero-order valence-corrected chi connectivity index (χ0v) is 8.13. The van der Waals surface area contributed by atoms with Gasteiger partial charge in [-0.05, 0) is 12.0 Å². The standard InChI is InChI=1S/C10H13FN2O/c1-5(2)10(13)6-3-8(12)7(11)4-9(6)14/h3-5,13-14H,12H2,1-2H3. The number of aromatic hydroxyl groups is 1. The number of hydrogen-bond acceptors (Lipinski definition) is 3. The minimum Gasteiger partial charge on any atom is -0.507 e. The maximum Gasteiger partial charge on any atom is 0.149 e. The lowest BCUT2D eigenvalue weighted by Crippen LogP contribution is -2.08. The van der Waals surface area contributed by atoms with Crippen LogP contribution in [-0.2, 0) is 0 Å². The molecule has 0 aliphatic carbocycles. The fourth-order valence-corrected chi connectivity index (χ4v) is 1.11. The Bertz CT molecular complexity index is 375. The molecular weight excluding hydrogens is 183 g/mol. The zero-order chi connectivity index (χ0) is 10.9. The third-order valence-corrected chi connectivity index (χ3v) is 1.98. The summed E-state index contributed by atoms with van der Waals surface area (Å²) < 4.78 is 12.9. The highest BCUT2D eigenvalue weighted by Crippen LogP contribution is 2.25. The fourth-order valence-electron chi connectivity index (χ4n) is 1.11. The van der Waals surface area contributed by atoms with Crippen LogP contribution in [0.4, 0.5) is 10.1 Å². The van der Waals surface area contributed by atoms with Gasteiger partial charge in [0.2, 0.25) is 0 Å². The number of hydrogen-bond donors (Lipinski definition) is 3. The predicted molar refractivity (Wildman–Crippen MR) is 54.1 cm³/mol. The van der Waals surface area contributed by atoms with Crippen LogP contribution in [0.3, 0.4) is 0 Å². The lowest BCUT2D eigenvalue weighted by atomic mass is 9.99. The van der Waals surface area contributed by atoms with Crippen molar-refractivity contribution in [3.05, 3.63) is 23.5 Å². The van der Waals surface area contributed by atoms with E-state index in [1.807, 2.05) is 13.8 Å². The second-order valence-corrected chi connectivity index (χ2v) is 3.46. The Labute approximate surface area is 81.9 Å². The van der Waals surface area contributed by atoms with Crippen LogP contribution >= 0.6 is 0 Å². The summed E-state index contributed by atoms with van der Waals surface area (Å²) >= 11 is 0. The Kier molecular flexibility index (Phi) is 2.74. The van der Waals surface area contributed by atoms with E-state index in [4.69, 9.17) is 11.1 Å². The van der Waals surface area contributed by atoms with E-state index in [0.29, 0.717) is 5.56 Å². The molecule has 1 aromatic carbocycles. The summed E-state index contributed by atoms with van der Waals surface area (Å²) in [7, 11) is 0. The molecule has 14 heavy (non-hydrogen) atoms. The van der Waals surface area contributed by atoms with E-state index in [1.54, 1.807) is 0 Å². The Morgan fingerprint density at radius 2 is 2.07 bits per heavy atom. The Morgan fingerprint density at radius 1 is 1.50 bits per heavy atom. The molecule has 0 heterocycles. The minimum absolute atomic E-state index is 0.0363. The molecule has 4 heteroatoms. The molecule has 0 saturated heterocycles. The Hall–Kier alpha value is -1.58. The van der Waals surface area contributed by atoms with Crippen molar-refractivity contribution in [3.8, 4) is 5.75 Å². The number of nitrogen functional groups attached to an aromatic ring is 1. The van der Waals surface area contributed by atoms with Gasteiger partial charge in [0, 0.05) is 17.3 Å². The summed E-state index contributed by atoms with van der Waals surface area (Å²) in [6.45, 7) is 3.64. The van der Waals surface area contributed by atoms with Gasteiger partial charge in [0.25, 0.3) is 0 Å². The van der Waals surface area contributed by atoms with Gasteiger partial charge in [-0.25, -0.2) is 4.39 Å². The van der Waals surface area contributed by atoms with Crippen LogP contribution in [0.1, 0.15) is 19.4 Å². The van der Waals surface area contributed by atoms with Gasteiger partial charge < -0.3 is 16.2 Å². The minimum atomic E-state index is -0.664. The molecule has 0 aliphatic heterocycles. The number of nitrogens with two attached hydrogens (primary N) is 1. The smallest absolute Gasteiger partial charge is 0.149 e. The maximum atomic E-state index is 12.9. The molecule has 0 radical (unpaired) electrons. The van der Waals surface area contributed by atoms with Crippen LogP contribution in [0.15, 0.2) is 12.1 Å². The van der Waals surface area contributed by atoms with E-state index in [-0.39, 0.29) is 23.1 Å². The summed E-state index contributed by atoms with van der Waals surface area (Å²) in [4.78, 5) is 0. The van der Waals surface area contributed by atoms with Crippen LogP contribution in [0.2, 0.25) is 0 Å². The van der Waals surface area contributed by atoms with Gasteiger partial charge in [-0.3, -0.25) is 0 Å². The fraction of sp³-hybridized carbons (Fsp3) is 0.300. The molecule has 1 rings (SSSR count). The highest BCUT2D eigenvalue weighted by Gasteiger charge is 2.13. The molecular formula is C10H13FN2O. The van der Waals surface area contributed by atoms with Gasteiger partial charge >= 0.3 is 0 Å². The summed E-state index contributed by atoms with van der Waals surface area (Å²) in [6, 6.07) is 2.22. The topological polar surface area (TPSA) is 70.1 Å². The molecule has 0 aromatic heterocycles. The van der Waals surface area contributed by atoms with Crippen molar-refractivity contribution in [1.29, 1.82) is 5.41 Å². The van der Waals surface area contributed by atoms with E-state index in [0.717, 1.165) is 6.07 Å². The molecule has 4 N–H and O–H groups in total. The molecule has 3 nitrogen and oxygen atoms in total. The zero-order valence-electron chi connectivity index (χ0n) is 8.13. The normalized spacial score (nSPS) is 10.6. The number of benzene rings is 1. The van der Waals surface area contributed by atoms with Crippen LogP contribution in [-0.4, -0.2) is 10.8 Å². The highest BCUT2D eigenvalue weighted by atomic mass is 19.1. The number of nitrogens with one attached hydrogen (secondary N) is 1. The first kappa shape index (κ1) is 10.5. The molecule has 0 atom stereocenters. The van der Waals surface area contributed by atoms with Crippen molar-refractivity contribution < 1.29 is 9.50 Å². The maximum absolute atomic E-state index is 12.9. The van der Waals surface area contributed by atoms with E-state index in [1.165, 1.54) is 6.07 Å². The van der Waals surface area contributed by atoms with E-state index in [9.17, 15) is 9.50 Å². The lowest BCUT2D eigenvalue weighted by molar-refractivity contribution is 0.468. The average molecular weight is 196 g/mol. The number of anilines is 1. The van der Waals surface area contributed by atoms with Crippen molar-refractivity contribution >= 4 is 11.4 Å². The highest BCUT2D eigenvalue weighted by molar-refractivity contribution is 6.02. The van der Waals surface area contributed by atoms with Crippen LogP contribution < -0.4 is 5.73 Å². The first-order valence-corrected chi connectivity index (χ1v) is 4.30. The number of halogens is 1. The van der Waals surface area contributed by atoms with Gasteiger partial charge in [0.1, 0.15) is 11.6 Å². The van der Waals surface area contributed by atoms with Gasteiger partial charge in [0.15, 0.2) is 0 Å². The summed E-state index contributed by atoms with van der Waals surface area (Å²) in [5, 5.41) is 17.1. The van der Waals surface area contributed by atoms with Crippen LogP contribution in [0.25, 0.3) is 0 Å². The van der Waals surface area contributed by atoms with Crippen molar-refractivity contribution in [2.75, 3.05) is 5.73 Å². The third kappa shape index (κ3) is 1.84. The molecule has 0 unspecified atom stereocenters. The van der Waals surface area contributed by atoms with E-state index in [2.05, 4.69) is 0 Å².